The SMILES string of the molecule is CC(=O)N[C@H]1[C@@H](O[C@H]2[C@H](O)[C@@H](O)[C@H](OCCN)O[C@@H]2COS(=O)(=O)O)O[C@H](CO)[C@@H](O)[C@@H]1OS(=O)(=O)O. The fraction of sp³-hybridized carbons (Fsp3) is 0.938. The van der Waals surface area contributed by atoms with Crippen LogP contribution in [0.15, 0.2) is 0 Å². The molecule has 9 N–H and O–H groups in total. The average Bonchev–Trinajstić information content (AvgIpc) is 2.77. The fourth-order valence-corrected chi connectivity index (χ4v) is 4.48. The zero-order chi connectivity index (χ0) is 28.1. The Morgan fingerprint density at radius 3 is 2.08 bits per heavy atom. The zero-order valence-electron chi connectivity index (χ0n) is 19.2. The highest BCUT2D eigenvalue weighted by molar-refractivity contribution is 7.81. The molecular weight excluding hydrogens is 556 g/mol. The molecule has 19 nitrogen and oxygen atoms in total. The molecule has 1 amide bonds. The number of nitrogens with two attached hydrogens (primary N) is 1. The summed E-state index contributed by atoms with van der Waals surface area (Å²) in [5, 5.41) is 43.2. The largest absolute Gasteiger partial charge is 0.397 e. The van der Waals surface area contributed by atoms with E-state index in [-0.39, 0.29) is 13.2 Å². The summed E-state index contributed by atoms with van der Waals surface area (Å²) < 4.78 is 93.3. The lowest BCUT2D eigenvalue weighted by Gasteiger charge is -2.47. The van der Waals surface area contributed by atoms with Crippen LogP contribution in [-0.2, 0) is 52.9 Å². The predicted octanol–water partition coefficient (Wildman–Crippen LogP) is -5.62. The Labute approximate surface area is 211 Å². The van der Waals surface area contributed by atoms with Gasteiger partial charge in [0.2, 0.25) is 5.91 Å². The lowest BCUT2D eigenvalue weighted by Crippen LogP contribution is -2.68. The van der Waals surface area contributed by atoms with Crippen molar-refractivity contribution in [3.63, 3.8) is 0 Å². The minimum atomic E-state index is -5.24. The van der Waals surface area contributed by atoms with Crippen LogP contribution in [0.3, 0.4) is 0 Å². The molecule has 0 aliphatic carbocycles. The minimum Gasteiger partial charge on any atom is -0.394 e. The van der Waals surface area contributed by atoms with Gasteiger partial charge in [0.1, 0.15) is 48.8 Å². The first kappa shape index (κ1) is 32.1. The number of carbonyl (C=O) groups excluding carboxylic acids is 1. The van der Waals surface area contributed by atoms with Gasteiger partial charge < -0.3 is 50.4 Å². The molecule has 0 spiro atoms. The molecule has 37 heavy (non-hydrogen) atoms. The molecule has 0 aromatic carbocycles. The van der Waals surface area contributed by atoms with Crippen molar-refractivity contribution < 1.29 is 78.5 Å². The molecule has 0 aromatic heterocycles. The van der Waals surface area contributed by atoms with Crippen LogP contribution in [0.5, 0.6) is 0 Å². The molecule has 2 rings (SSSR count). The summed E-state index contributed by atoms with van der Waals surface area (Å²) in [4.78, 5) is 11.8. The van der Waals surface area contributed by atoms with E-state index in [1.165, 1.54) is 0 Å². The molecule has 2 heterocycles. The third-order valence-corrected chi connectivity index (χ3v) is 6.07. The number of ether oxygens (including phenoxy) is 4. The topological polar surface area (TPSA) is 300 Å². The quantitative estimate of drug-likeness (QED) is 0.0988. The first-order valence-corrected chi connectivity index (χ1v) is 13.3. The second-order valence-corrected chi connectivity index (χ2v) is 10.1. The van der Waals surface area contributed by atoms with Crippen molar-refractivity contribution in [3.05, 3.63) is 0 Å². The van der Waals surface area contributed by atoms with E-state index in [1.807, 2.05) is 0 Å². The van der Waals surface area contributed by atoms with Crippen LogP contribution in [-0.4, -0.2) is 140 Å². The number of hydrogen-bond donors (Lipinski definition) is 8. The number of carbonyl (C=O) groups is 1. The summed E-state index contributed by atoms with van der Waals surface area (Å²) in [7, 11) is -10.3. The lowest BCUT2D eigenvalue weighted by atomic mass is 9.95. The summed E-state index contributed by atoms with van der Waals surface area (Å²) in [6.45, 7) is -1.16. The van der Waals surface area contributed by atoms with Crippen LogP contribution < -0.4 is 11.1 Å². The first-order chi connectivity index (χ1) is 17.1. The van der Waals surface area contributed by atoms with E-state index in [1.54, 1.807) is 0 Å². The molecule has 0 radical (unpaired) electrons. The van der Waals surface area contributed by atoms with E-state index in [0.717, 1.165) is 6.92 Å². The Hall–Kier alpha value is -1.15. The van der Waals surface area contributed by atoms with Crippen LogP contribution in [0.4, 0.5) is 0 Å². The number of aliphatic hydroxyl groups is 4. The molecule has 2 saturated heterocycles. The molecule has 0 saturated carbocycles. The minimum absolute atomic E-state index is 0.0247. The van der Waals surface area contributed by atoms with E-state index >= 15 is 0 Å². The van der Waals surface area contributed by atoms with Gasteiger partial charge in [-0.05, 0) is 0 Å². The van der Waals surface area contributed by atoms with Crippen molar-refractivity contribution in [2.75, 3.05) is 26.4 Å². The maximum atomic E-state index is 11.8. The summed E-state index contributed by atoms with van der Waals surface area (Å²) in [6, 6.07) is -1.74. The summed E-state index contributed by atoms with van der Waals surface area (Å²) in [5.41, 5.74) is 5.33. The van der Waals surface area contributed by atoms with Crippen LogP contribution in [0.1, 0.15) is 6.92 Å². The van der Waals surface area contributed by atoms with Crippen molar-refractivity contribution in [3.8, 4) is 0 Å². The Morgan fingerprint density at radius 2 is 1.57 bits per heavy atom. The third-order valence-electron chi connectivity index (χ3n) is 5.17. The molecule has 0 unspecified atom stereocenters. The predicted molar refractivity (Wildman–Crippen MR) is 114 cm³/mol. The van der Waals surface area contributed by atoms with Crippen molar-refractivity contribution in [2.24, 2.45) is 5.73 Å². The molecule has 21 heteroatoms. The van der Waals surface area contributed by atoms with Crippen molar-refractivity contribution in [1.29, 1.82) is 0 Å². The van der Waals surface area contributed by atoms with Crippen LogP contribution in [0, 0.1) is 0 Å². The highest BCUT2D eigenvalue weighted by Crippen LogP contribution is 2.31. The van der Waals surface area contributed by atoms with E-state index in [0.29, 0.717) is 0 Å². The maximum Gasteiger partial charge on any atom is 0.397 e. The van der Waals surface area contributed by atoms with Gasteiger partial charge >= 0.3 is 20.8 Å². The fourth-order valence-electron chi connectivity index (χ4n) is 3.66. The monoisotopic (exact) mass is 586 g/mol. The number of hydrogen-bond acceptors (Lipinski definition) is 16. The number of nitrogens with one attached hydrogen (secondary N) is 1. The van der Waals surface area contributed by atoms with Crippen molar-refractivity contribution in [2.45, 2.75) is 68.3 Å². The zero-order valence-corrected chi connectivity index (χ0v) is 20.8. The molecular formula is C16H30N2O17S2. The van der Waals surface area contributed by atoms with E-state index < -0.39 is 101 Å². The first-order valence-electron chi connectivity index (χ1n) is 10.6. The van der Waals surface area contributed by atoms with Gasteiger partial charge in [-0.3, -0.25) is 13.9 Å². The average molecular weight is 587 g/mol. The van der Waals surface area contributed by atoms with Gasteiger partial charge in [0.05, 0.1) is 19.8 Å². The van der Waals surface area contributed by atoms with E-state index in [4.69, 9.17) is 33.8 Å². The number of rotatable bonds is 12. The Balaban J connectivity index is 2.41. The van der Waals surface area contributed by atoms with Gasteiger partial charge in [-0.1, -0.05) is 0 Å². The second kappa shape index (κ2) is 13.3. The Bertz CT molecular complexity index is 964. The van der Waals surface area contributed by atoms with E-state index in [9.17, 15) is 42.1 Å². The molecule has 0 aromatic rings. The van der Waals surface area contributed by atoms with Gasteiger partial charge in [-0.2, -0.15) is 16.8 Å². The normalized spacial score (nSPS) is 37.3. The van der Waals surface area contributed by atoms with Crippen molar-refractivity contribution in [1.82, 2.24) is 5.32 Å². The van der Waals surface area contributed by atoms with Gasteiger partial charge in [0, 0.05) is 13.5 Å². The van der Waals surface area contributed by atoms with Crippen LogP contribution in [0.2, 0.25) is 0 Å². The Morgan fingerprint density at radius 1 is 0.946 bits per heavy atom. The smallest absolute Gasteiger partial charge is 0.394 e. The van der Waals surface area contributed by atoms with Crippen molar-refractivity contribution >= 4 is 26.7 Å². The van der Waals surface area contributed by atoms with Gasteiger partial charge in [0.25, 0.3) is 0 Å². The summed E-state index contributed by atoms with van der Waals surface area (Å²) >= 11 is 0. The van der Waals surface area contributed by atoms with Crippen LogP contribution in [0.25, 0.3) is 0 Å². The number of amides is 1. The summed E-state index contributed by atoms with van der Waals surface area (Å²) in [5.74, 6) is -0.831. The van der Waals surface area contributed by atoms with Gasteiger partial charge in [-0.15, -0.1) is 0 Å². The molecule has 2 fully saturated rings. The molecule has 2 aliphatic rings. The van der Waals surface area contributed by atoms with Crippen LogP contribution >= 0.6 is 0 Å². The Kier molecular flexibility index (Phi) is 11.5. The lowest BCUT2D eigenvalue weighted by molar-refractivity contribution is -0.345. The molecule has 10 atom stereocenters. The third kappa shape index (κ3) is 9.22. The summed E-state index contributed by atoms with van der Waals surface area (Å²) in [6.07, 6.45) is -16.3. The highest BCUT2D eigenvalue weighted by atomic mass is 32.3. The standard InChI is InChI=1S/C16H30N2O17S2/c1-6(20)18-9-14(35-37(27,28)29)10(21)7(4-19)32-15(9)34-13-8(5-31-36(24,25)26)33-16(30-3-2-17)12(23)11(13)22/h7-16,19,21-23H,2-5,17H2,1H3,(H,18,20)(H,24,25,26)(H,27,28,29)/t7-,8-,9-,10-,11-,12-,13-,14-,15-,16-/m1/s1. The molecule has 218 valence electrons. The molecule has 0 bridgehead atoms. The number of aliphatic hydroxyl groups excluding tert-OH is 4. The van der Waals surface area contributed by atoms with E-state index in [2.05, 4.69) is 13.7 Å². The highest BCUT2D eigenvalue weighted by Gasteiger charge is 2.53. The van der Waals surface area contributed by atoms with Gasteiger partial charge in [-0.25, -0.2) is 8.37 Å². The maximum absolute atomic E-state index is 11.8. The second-order valence-electron chi connectivity index (χ2n) is 7.93. The molecule has 2 aliphatic heterocycles. The van der Waals surface area contributed by atoms with Gasteiger partial charge in [0.15, 0.2) is 12.6 Å².